The maximum absolute atomic E-state index is 12.6. The fourth-order valence-electron chi connectivity index (χ4n) is 2.29. The molecule has 0 unspecified atom stereocenters. The lowest BCUT2D eigenvalue weighted by Crippen LogP contribution is -2.13. The standard InChI is InChI=1S/C19H20N2O3S/c1-19(2,3)17-14-18(21(20-17)15-10-6-4-7-11-15)24-25(22,23)16-12-8-5-9-13-16/h4-14H,1-3H3. The molecule has 25 heavy (non-hydrogen) atoms. The van der Waals surface area contributed by atoms with Crippen LogP contribution in [0.25, 0.3) is 5.69 Å². The van der Waals surface area contributed by atoms with Crippen molar-refractivity contribution in [1.29, 1.82) is 0 Å². The topological polar surface area (TPSA) is 61.2 Å². The number of para-hydroxylation sites is 1. The third-order valence-corrected chi connectivity index (χ3v) is 4.91. The Morgan fingerprint density at radius 1 is 0.920 bits per heavy atom. The highest BCUT2D eigenvalue weighted by molar-refractivity contribution is 7.87. The van der Waals surface area contributed by atoms with E-state index in [1.807, 2.05) is 51.1 Å². The van der Waals surface area contributed by atoms with Gasteiger partial charge in [-0.2, -0.15) is 18.2 Å². The number of nitrogens with zero attached hydrogens (tertiary/aromatic N) is 2. The van der Waals surface area contributed by atoms with Crippen molar-refractivity contribution in [3.63, 3.8) is 0 Å². The van der Waals surface area contributed by atoms with Crippen molar-refractivity contribution < 1.29 is 12.6 Å². The molecule has 130 valence electrons. The third kappa shape index (κ3) is 3.74. The Bertz CT molecular complexity index is 957. The van der Waals surface area contributed by atoms with Crippen LogP contribution in [0.15, 0.2) is 71.6 Å². The first-order valence-electron chi connectivity index (χ1n) is 7.93. The molecule has 3 rings (SSSR count). The Labute approximate surface area is 148 Å². The van der Waals surface area contributed by atoms with Crippen LogP contribution in [0.2, 0.25) is 0 Å². The molecule has 0 bridgehead atoms. The molecule has 1 heterocycles. The zero-order valence-electron chi connectivity index (χ0n) is 14.4. The molecule has 0 amide bonds. The van der Waals surface area contributed by atoms with Crippen LogP contribution in [0.5, 0.6) is 5.88 Å². The van der Waals surface area contributed by atoms with Crippen molar-refractivity contribution in [1.82, 2.24) is 9.78 Å². The molecule has 3 aromatic rings. The number of aromatic nitrogens is 2. The van der Waals surface area contributed by atoms with E-state index in [1.54, 1.807) is 24.3 Å². The zero-order chi connectivity index (χ0) is 18.1. The smallest absolute Gasteiger partial charge is 0.340 e. The second kappa shape index (κ2) is 6.37. The predicted octanol–water partition coefficient (Wildman–Crippen LogP) is 3.94. The lowest BCUT2D eigenvalue weighted by Gasteiger charge is -2.13. The molecule has 0 saturated heterocycles. The Balaban J connectivity index is 2.08. The SMILES string of the molecule is CC(C)(C)c1cc(OS(=O)(=O)c2ccccc2)n(-c2ccccc2)n1. The third-order valence-electron chi connectivity index (χ3n) is 3.67. The monoisotopic (exact) mass is 356 g/mol. The Hall–Kier alpha value is -2.60. The molecule has 2 aromatic carbocycles. The van der Waals surface area contributed by atoms with Gasteiger partial charge in [-0.05, 0) is 24.3 Å². The molecule has 0 aliphatic carbocycles. The summed E-state index contributed by atoms with van der Waals surface area (Å²) in [5, 5.41) is 4.56. The maximum atomic E-state index is 12.6. The van der Waals surface area contributed by atoms with Gasteiger partial charge in [0.1, 0.15) is 4.90 Å². The van der Waals surface area contributed by atoms with Gasteiger partial charge in [0, 0.05) is 11.5 Å². The van der Waals surface area contributed by atoms with Gasteiger partial charge in [-0.15, -0.1) is 0 Å². The molecule has 0 atom stereocenters. The minimum absolute atomic E-state index is 0.105. The van der Waals surface area contributed by atoms with Gasteiger partial charge in [-0.3, -0.25) is 0 Å². The number of hydrogen-bond acceptors (Lipinski definition) is 4. The molecular weight excluding hydrogens is 336 g/mol. The van der Waals surface area contributed by atoms with E-state index in [1.165, 1.54) is 16.8 Å². The first kappa shape index (κ1) is 17.2. The zero-order valence-corrected chi connectivity index (χ0v) is 15.2. The van der Waals surface area contributed by atoms with Crippen molar-refractivity contribution in [3.05, 3.63) is 72.4 Å². The summed E-state index contributed by atoms with van der Waals surface area (Å²) in [5.74, 6) is 0.167. The Morgan fingerprint density at radius 3 is 2.04 bits per heavy atom. The van der Waals surface area contributed by atoms with Crippen molar-refractivity contribution in [2.75, 3.05) is 0 Å². The number of benzene rings is 2. The van der Waals surface area contributed by atoms with E-state index in [0.29, 0.717) is 0 Å². The van der Waals surface area contributed by atoms with Crippen molar-refractivity contribution in [3.8, 4) is 11.6 Å². The molecule has 0 spiro atoms. The van der Waals surface area contributed by atoms with Gasteiger partial charge in [0.2, 0.25) is 5.88 Å². The number of hydrogen-bond donors (Lipinski definition) is 0. The fraction of sp³-hybridized carbons (Fsp3) is 0.211. The minimum Gasteiger partial charge on any atom is -0.358 e. The predicted molar refractivity (Wildman–Crippen MR) is 96.5 cm³/mol. The van der Waals surface area contributed by atoms with E-state index in [4.69, 9.17) is 4.18 Å². The molecule has 0 aliphatic heterocycles. The molecule has 1 aromatic heterocycles. The second-order valence-electron chi connectivity index (χ2n) is 6.72. The summed E-state index contributed by atoms with van der Waals surface area (Å²) in [6.45, 7) is 6.04. The summed E-state index contributed by atoms with van der Waals surface area (Å²) in [5.41, 5.74) is 1.24. The Morgan fingerprint density at radius 2 is 1.48 bits per heavy atom. The average molecular weight is 356 g/mol. The highest BCUT2D eigenvalue weighted by Crippen LogP contribution is 2.29. The van der Waals surface area contributed by atoms with Crippen LogP contribution in [0.1, 0.15) is 26.5 Å². The van der Waals surface area contributed by atoms with Gasteiger partial charge in [0.05, 0.1) is 11.4 Å². The average Bonchev–Trinajstić information content (AvgIpc) is 3.00. The minimum atomic E-state index is -3.94. The molecule has 6 heteroatoms. The highest BCUT2D eigenvalue weighted by atomic mass is 32.2. The molecule has 5 nitrogen and oxygen atoms in total. The summed E-state index contributed by atoms with van der Waals surface area (Å²) in [7, 11) is -3.94. The summed E-state index contributed by atoms with van der Waals surface area (Å²) < 4.78 is 32.1. The van der Waals surface area contributed by atoms with Gasteiger partial charge in [-0.25, -0.2) is 0 Å². The van der Waals surface area contributed by atoms with Crippen LogP contribution in [0, 0.1) is 0 Å². The van der Waals surface area contributed by atoms with E-state index in [2.05, 4.69) is 5.10 Å². The van der Waals surface area contributed by atoms with Crippen LogP contribution in [0.4, 0.5) is 0 Å². The highest BCUT2D eigenvalue weighted by Gasteiger charge is 2.25. The van der Waals surface area contributed by atoms with E-state index in [9.17, 15) is 8.42 Å². The van der Waals surface area contributed by atoms with Gasteiger partial charge in [0.25, 0.3) is 0 Å². The summed E-state index contributed by atoms with van der Waals surface area (Å²) >= 11 is 0. The first-order chi connectivity index (χ1) is 11.8. The van der Waals surface area contributed by atoms with Crippen LogP contribution < -0.4 is 4.18 Å². The molecular formula is C19H20N2O3S. The van der Waals surface area contributed by atoms with Gasteiger partial charge in [0.15, 0.2) is 0 Å². The van der Waals surface area contributed by atoms with Gasteiger partial charge < -0.3 is 4.18 Å². The molecule has 0 N–H and O–H groups in total. The Kier molecular flexibility index (Phi) is 4.39. The number of rotatable bonds is 4. The van der Waals surface area contributed by atoms with Crippen molar-refractivity contribution >= 4 is 10.1 Å². The lowest BCUT2D eigenvalue weighted by molar-refractivity contribution is 0.464. The van der Waals surface area contributed by atoms with Crippen LogP contribution >= 0.6 is 0 Å². The molecule has 0 aliphatic rings. The maximum Gasteiger partial charge on any atom is 0.340 e. The summed E-state index contributed by atoms with van der Waals surface area (Å²) in [6, 6.07) is 19.1. The normalized spacial score (nSPS) is 12.1. The van der Waals surface area contributed by atoms with E-state index in [0.717, 1.165) is 11.4 Å². The second-order valence-corrected chi connectivity index (χ2v) is 8.26. The quantitative estimate of drug-likeness (QED) is 0.664. The largest absolute Gasteiger partial charge is 0.358 e. The van der Waals surface area contributed by atoms with E-state index >= 15 is 0 Å². The van der Waals surface area contributed by atoms with Crippen LogP contribution in [-0.2, 0) is 15.5 Å². The summed E-state index contributed by atoms with van der Waals surface area (Å²) in [4.78, 5) is 0.105. The van der Waals surface area contributed by atoms with Crippen molar-refractivity contribution in [2.24, 2.45) is 0 Å². The van der Waals surface area contributed by atoms with Gasteiger partial charge >= 0.3 is 10.1 Å². The van der Waals surface area contributed by atoms with Gasteiger partial charge in [-0.1, -0.05) is 57.2 Å². The molecule has 0 fully saturated rings. The fourth-order valence-corrected chi connectivity index (χ4v) is 3.22. The van der Waals surface area contributed by atoms with E-state index in [-0.39, 0.29) is 16.2 Å². The molecule has 0 saturated carbocycles. The van der Waals surface area contributed by atoms with Crippen molar-refractivity contribution in [2.45, 2.75) is 31.1 Å². The van der Waals surface area contributed by atoms with Crippen LogP contribution in [-0.4, -0.2) is 18.2 Å². The van der Waals surface area contributed by atoms with E-state index < -0.39 is 10.1 Å². The van der Waals surface area contributed by atoms with Crippen LogP contribution in [0.3, 0.4) is 0 Å². The first-order valence-corrected chi connectivity index (χ1v) is 9.34. The molecule has 0 radical (unpaired) electrons. The lowest BCUT2D eigenvalue weighted by atomic mass is 9.93. The summed E-state index contributed by atoms with van der Waals surface area (Å²) in [6.07, 6.45) is 0.